The number of nitrogens with one attached hydrogen (secondary N) is 1. The molecule has 0 bridgehead atoms. The molecule has 0 spiro atoms. The Balaban J connectivity index is 1.58. The van der Waals surface area contributed by atoms with Crippen molar-refractivity contribution in [1.82, 2.24) is 20.1 Å². The van der Waals surface area contributed by atoms with Crippen molar-refractivity contribution in [3.63, 3.8) is 0 Å². The summed E-state index contributed by atoms with van der Waals surface area (Å²) >= 11 is 0. The Morgan fingerprint density at radius 1 is 1.45 bits per heavy atom. The van der Waals surface area contributed by atoms with Crippen molar-refractivity contribution in [2.75, 3.05) is 6.61 Å². The summed E-state index contributed by atoms with van der Waals surface area (Å²) in [6.45, 7) is 0.828. The molecule has 0 aliphatic carbocycles. The van der Waals surface area contributed by atoms with E-state index in [9.17, 15) is 0 Å². The number of hydrogen-bond acceptors (Lipinski definition) is 6. The maximum atomic E-state index is 6.06. The number of aromatic nitrogens is 4. The van der Waals surface area contributed by atoms with Crippen LogP contribution in [-0.4, -0.2) is 32.8 Å². The van der Waals surface area contributed by atoms with E-state index in [0.717, 1.165) is 25.1 Å². The van der Waals surface area contributed by atoms with Crippen LogP contribution in [0, 0.1) is 0 Å². The number of rotatable bonds is 5. The Hall–Kier alpha value is -1.73. The minimum atomic E-state index is -0.316. The molecule has 2 unspecified atom stereocenters. The fourth-order valence-electron chi connectivity index (χ4n) is 2.39. The molecule has 3 heterocycles. The van der Waals surface area contributed by atoms with Crippen molar-refractivity contribution in [1.29, 1.82) is 0 Å². The number of hydrogen-bond donors (Lipinski definition) is 2. The summed E-state index contributed by atoms with van der Waals surface area (Å²) in [5.41, 5.74) is 7.01. The summed E-state index contributed by atoms with van der Waals surface area (Å²) in [4.78, 5) is 11.3. The molecule has 1 aliphatic heterocycles. The topological polar surface area (TPSA) is 103 Å². The minimum Gasteiger partial charge on any atom is -0.378 e. The molecule has 1 fully saturated rings. The molecule has 3 rings (SSSR count). The van der Waals surface area contributed by atoms with Crippen LogP contribution in [-0.2, 0) is 17.6 Å². The highest BCUT2D eigenvalue weighted by Crippen LogP contribution is 2.18. The van der Waals surface area contributed by atoms with Crippen molar-refractivity contribution in [2.24, 2.45) is 5.73 Å². The lowest BCUT2D eigenvalue weighted by atomic mass is 10.1. The molecule has 7 nitrogen and oxygen atoms in total. The maximum absolute atomic E-state index is 6.06. The van der Waals surface area contributed by atoms with Gasteiger partial charge >= 0.3 is 0 Å². The summed E-state index contributed by atoms with van der Waals surface area (Å²) in [6, 6.07) is -0.316. The average Bonchev–Trinajstić information content (AvgIpc) is 3.11. The van der Waals surface area contributed by atoms with Crippen molar-refractivity contribution >= 4 is 0 Å². The van der Waals surface area contributed by atoms with Crippen molar-refractivity contribution in [3.8, 4) is 0 Å². The molecular weight excluding hydrogens is 258 g/mol. The number of imidazole rings is 1. The molecular formula is C13H19N5O2. The van der Waals surface area contributed by atoms with E-state index in [0.29, 0.717) is 24.6 Å². The zero-order valence-electron chi connectivity index (χ0n) is 11.3. The van der Waals surface area contributed by atoms with Crippen LogP contribution >= 0.6 is 0 Å². The molecule has 2 aromatic rings. The van der Waals surface area contributed by atoms with Crippen LogP contribution in [0.5, 0.6) is 0 Å². The smallest absolute Gasteiger partial charge is 0.243 e. The second-order valence-corrected chi connectivity index (χ2v) is 5.13. The van der Waals surface area contributed by atoms with E-state index in [-0.39, 0.29) is 12.1 Å². The molecule has 2 atom stereocenters. The standard InChI is InChI=1S/C13H19N5O2/c14-11(5-9-7-15-8-16-9)13-17-12(18-20-13)6-10-3-1-2-4-19-10/h7-8,10-11H,1-6,14H2,(H,15,16). The van der Waals surface area contributed by atoms with Crippen LogP contribution in [0.2, 0.25) is 0 Å². The fourth-order valence-corrected chi connectivity index (χ4v) is 2.39. The van der Waals surface area contributed by atoms with E-state index in [1.54, 1.807) is 12.5 Å². The minimum absolute atomic E-state index is 0.207. The molecule has 108 valence electrons. The molecule has 0 saturated carbocycles. The third-order valence-electron chi connectivity index (χ3n) is 3.48. The van der Waals surface area contributed by atoms with E-state index >= 15 is 0 Å². The van der Waals surface area contributed by atoms with Gasteiger partial charge in [-0.05, 0) is 19.3 Å². The van der Waals surface area contributed by atoms with Crippen LogP contribution in [0.1, 0.15) is 42.7 Å². The Morgan fingerprint density at radius 3 is 3.15 bits per heavy atom. The van der Waals surface area contributed by atoms with Gasteiger partial charge in [0.05, 0.1) is 18.5 Å². The lowest BCUT2D eigenvalue weighted by Crippen LogP contribution is -2.22. The first-order chi connectivity index (χ1) is 9.81. The van der Waals surface area contributed by atoms with E-state index in [1.165, 1.54) is 6.42 Å². The predicted octanol–water partition coefficient (Wildman–Crippen LogP) is 1.15. The van der Waals surface area contributed by atoms with Crippen LogP contribution in [0.4, 0.5) is 0 Å². The maximum Gasteiger partial charge on any atom is 0.243 e. The van der Waals surface area contributed by atoms with Crippen molar-refractivity contribution in [2.45, 2.75) is 44.2 Å². The summed E-state index contributed by atoms with van der Waals surface area (Å²) in [7, 11) is 0. The van der Waals surface area contributed by atoms with E-state index in [4.69, 9.17) is 15.0 Å². The highest BCUT2D eigenvalue weighted by molar-refractivity contribution is 5.02. The van der Waals surface area contributed by atoms with Gasteiger partial charge in [0.1, 0.15) is 0 Å². The van der Waals surface area contributed by atoms with Gasteiger partial charge in [0, 0.05) is 31.3 Å². The monoisotopic (exact) mass is 277 g/mol. The number of aromatic amines is 1. The molecule has 1 aliphatic rings. The Kier molecular flexibility index (Phi) is 4.08. The molecule has 0 amide bonds. The largest absolute Gasteiger partial charge is 0.378 e. The molecule has 3 N–H and O–H groups in total. The molecule has 20 heavy (non-hydrogen) atoms. The van der Waals surface area contributed by atoms with Gasteiger partial charge in [-0.15, -0.1) is 0 Å². The van der Waals surface area contributed by atoms with Gasteiger partial charge < -0.3 is 20.0 Å². The number of ether oxygens (including phenoxy) is 1. The van der Waals surface area contributed by atoms with Crippen molar-refractivity contribution < 1.29 is 9.26 Å². The molecule has 2 aromatic heterocycles. The highest BCUT2D eigenvalue weighted by Gasteiger charge is 2.20. The van der Waals surface area contributed by atoms with Crippen LogP contribution in [0.15, 0.2) is 17.0 Å². The van der Waals surface area contributed by atoms with E-state index in [1.807, 2.05) is 0 Å². The second-order valence-electron chi connectivity index (χ2n) is 5.13. The van der Waals surface area contributed by atoms with Gasteiger partial charge in [0.25, 0.3) is 0 Å². The van der Waals surface area contributed by atoms with Gasteiger partial charge in [-0.2, -0.15) is 4.98 Å². The van der Waals surface area contributed by atoms with Crippen LogP contribution < -0.4 is 5.73 Å². The second kappa shape index (κ2) is 6.15. The van der Waals surface area contributed by atoms with Crippen LogP contribution in [0.3, 0.4) is 0 Å². The van der Waals surface area contributed by atoms with Gasteiger partial charge in [-0.1, -0.05) is 5.16 Å². The van der Waals surface area contributed by atoms with Gasteiger partial charge in [0.15, 0.2) is 5.82 Å². The lowest BCUT2D eigenvalue weighted by molar-refractivity contribution is 0.0153. The molecule has 0 aromatic carbocycles. The molecule has 1 saturated heterocycles. The lowest BCUT2D eigenvalue weighted by Gasteiger charge is -2.20. The van der Waals surface area contributed by atoms with Gasteiger partial charge in [0.2, 0.25) is 5.89 Å². The summed E-state index contributed by atoms with van der Waals surface area (Å²) < 4.78 is 10.9. The zero-order valence-corrected chi connectivity index (χ0v) is 11.3. The van der Waals surface area contributed by atoms with Gasteiger partial charge in [-0.3, -0.25) is 0 Å². The quantitative estimate of drug-likeness (QED) is 0.849. The predicted molar refractivity (Wildman–Crippen MR) is 70.8 cm³/mol. The third-order valence-corrected chi connectivity index (χ3v) is 3.48. The third kappa shape index (κ3) is 3.23. The average molecular weight is 277 g/mol. The first-order valence-electron chi connectivity index (χ1n) is 6.98. The zero-order chi connectivity index (χ0) is 13.8. The summed E-state index contributed by atoms with van der Waals surface area (Å²) in [6.07, 6.45) is 8.27. The SMILES string of the molecule is NC(Cc1cnc[nH]1)c1nc(CC2CCCCO2)no1. The van der Waals surface area contributed by atoms with E-state index in [2.05, 4.69) is 20.1 Å². The Labute approximate surface area is 116 Å². The summed E-state index contributed by atoms with van der Waals surface area (Å²) in [5, 5.41) is 3.99. The van der Waals surface area contributed by atoms with Crippen LogP contribution in [0.25, 0.3) is 0 Å². The first-order valence-corrected chi connectivity index (χ1v) is 6.98. The highest BCUT2D eigenvalue weighted by atomic mass is 16.5. The normalized spacial score (nSPS) is 20.9. The first kappa shape index (κ1) is 13.3. The van der Waals surface area contributed by atoms with Crippen molar-refractivity contribution in [3.05, 3.63) is 29.9 Å². The summed E-state index contributed by atoms with van der Waals surface area (Å²) in [5.74, 6) is 1.14. The molecule has 0 radical (unpaired) electrons. The number of H-pyrrole nitrogens is 1. The number of nitrogens with zero attached hydrogens (tertiary/aromatic N) is 3. The fraction of sp³-hybridized carbons (Fsp3) is 0.615. The number of nitrogens with two attached hydrogens (primary N) is 1. The Morgan fingerprint density at radius 2 is 2.40 bits per heavy atom. The Bertz CT molecular complexity index is 519. The molecule has 7 heteroatoms. The van der Waals surface area contributed by atoms with Gasteiger partial charge in [-0.25, -0.2) is 4.98 Å². The van der Waals surface area contributed by atoms with E-state index < -0.39 is 0 Å².